The van der Waals surface area contributed by atoms with E-state index in [9.17, 15) is 4.79 Å². The number of amides is 1. The van der Waals surface area contributed by atoms with Gasteiger partial charge in [-0.15, -0.1) is 0 Å². The first-order chi connectivity index (χ1) is 10.7. The van der Waals surface area contributed by atoms with Gasteiger partial charge in [0.2, 0.25) is 0 Å². The minimum absolute atomic E-state index is 0.0562. The fourth-order valence-electron chi connectivity index (χ4n) is 2.49. The standard InChI is InChI=1S/C17H17N3OS/c1-2-3-10-20-16(21)15(19-17(20)22)11-12-8-9-18-14-7-5-4-6-13(12)14/h4-9,11H,2-3,10H2,1H3,(H,19,22)/b15-11+. The summed E-state index contributed by atoms with van der Waals surface area (Å²) in [6.07, 6.45) is 5.57. The van der Waals surface area contributed by atoms with Crippen LogP contribution in [0.4, 0.5) is 0 Å². The van der Waals surface area contributed by atoms with E-state index in [1.165, 1.54) is 0 Å². The van der Waals surface area contributed by atoms with Crippen LogP contribution in [0, 0.1) is 0 Å². The Bertz CT molecular complexity index is 764. The van der Waals surface area contributed by atoms with Crippen molar-refractivity contribution in [3.05, 3.63) is 47.8 Å². The van der Waals surface area contributed by atoms with Crippen LogP contribution < -0.4 is 5.32 Å². The molecule has 2 heterocycles. The fourth-order valence-corrected chi connectivity index (χ4v) is 2.77. The maximum Gasteiger partial charge on any atom is 0.276 e. The van der Waals surface area contributed by atoms with Crippen molar-refractivity contribution >= 4 is 40.2 Å². The minimum Gasteiger partial charge on any atom is -0.328 e. The molecule has 1 aliphatic heterocycles. The van der Waals surface area contributed by atoms with Crippen LogP contribution in [0.1, 0.15) is 25.3 Å². The number of hydrogen-bond donors (Lipinski definition) is 1. The van der Waals surface area contributed by atoms with Crippen molar-refractivity contribution in [2.24, 2.45) is 0 Å². The number of thiocarbonyl (C=S) groups is 1. The van der Waals surface area contributed by atoms with E-state index in [4.69, 9.17) is 12.2 Å². The lowest BCUT2D eigenvalue weighted by molar-refractivity contribution is -0.122. The molecule has 1 N–H and O–H groups in total. The zero-order valence-electron chi connectivity index (χ0n) is 12.4. The molecule has 1 aliphatic rings. The minimum atomic E-state index is -0.0562. The quantitative estimate of drug-likeness (QED) is 0.696. The summed E-state index contributed by atoms with van der Waals surface area (Å²) in [6, 6.07) is 9.78. The van der Waals surface area contributed by atoms with Crippen molar-refractivity contribution in [3.63, 3.8) is 0 Å². The Morgan fingerprint density at radius 2 is 2.14 bits per heavy atom. The van der Waals surface area contributed by atoms with Gasteiger partial charge in [-0.1, -0.05) is 31.5 Å². The van der Waals surface area contributed by atoms with Gasteiger partial charge in [0.05, 0.1) is 5.52 Å². The summed E-state index contributed by atoms with van der Waals surface area (Å²) in [6.45, 7) is 2.76. The molecule has 4 nitrogen and oxygen atoms in total. The highest BCUT2D eigenvalue weighted by atomic mass is 32.1. The molecular weight excluding hydrogens is 294 g/mol. The summed E-state index contributed by atoms with van der Waals surface area (Å²) >= 11 is 5.26. The van der Waals surface area contributed by atoms with Crippen LogP contribution in [-0.4, -0.2) is 27.4 Å². The van der Waals surface area contributed by atoms with Crippen molar-refractivity contribution in [1.29, 1.82) is 0 Å². The molecular formula is C17H17N3OS. The molecule has 0 radical (unpaired) electrons. The normalized spacial score (nSPS) is 16.6. The Morgan fingerprint density at radius 3 is 2.95 bits per heavy atom. The van der Waals surface area contributed by atoms with Crippen LogP contribution in [0.2, 0.25) is 0 Å². The first kappa shape index (κ1) is 14.7. The van der Waals surface area contributed by atoms with Crippen LogP contribution in [0.25, 0.3) is 17.0 Å². The van der Waals surface area contributed by atoms with Gasteiger partial charge in [0.15, 0.2) is 5.11 Å². The molecule has 0 spiro atoms. The number of para-hydroxylation sites is 1. The Morgan fingerprint density at radius 1 is 1.32 bits per heavy atom. The van der Waals surface area contributed by atoms with Crippen molar-refractivity contribution in [2.75, 3.05) is 6.54 Å². The molecule has 3 rings (SSSR count). The van der Waals surface area contributed by atoms with Crippen LogP contribution in [0.3, 0.4) is 0 Å². The lowest BCUT2D eigenvalue weighted by Crippen LogP contribution is -2.31. The molecule has 0 unspecified atom stereocenters. The Labute approximate surface area is 134 Å². The number of nitrogens with zero attached hydrogens (tertiary/aromatic N) is 2. The smallest absolute Gasteiger partial charge is 0.276 e. The molecule has 22 heavy (non-hydrogen) atoms. The lowest BCUT2D eigenvalue weighted by atomic mass is 10.1. The zero-order valence-corrected chi connectivity index (χ0v) is 13.2. The van der Waals surface area contributed by atoms with Gasteiger partial charge in [0.1, 0.15) is 5.70 Å². The second kappa shape index (κ2) is 6.23. The zero-order chi connectivity index (χ0) is 15.5. The Kier molecular flexibility index (Phi) is 4.15. The van der Waals surface area contributed by atoms with Gasteiger partial charge in [-0.2, -0.15) is 0 Å². The van der Waals surface area contributed by atoms with Crippen LogP contribution >= 0.6 is 12.2 Å². The Balaban J connectivity index is 1.95. The molecule has 1 saturated heterocycles. The Hall–Kier alpha value is -2.27. The van der Waals surface area contributed by atoms with Crippen molar-refractivity contribution in [3.8, 4) is 0 Å². The number of pyridine rings is 1. The molecule has 0 bridgehead atoms. The second-order valence-corrected chi connectivity index (χ2v) is 5.60. The largest absolute Gasteiger partial charge is 0.328 e. The maximum absolute atomic E-state index is 12.5. The second-order valence-electron chi connectivity index (χ2n) is 5.22. The summed E-state index contributed by atoms with van der Waals surface area (Å²) in [5, 5.41) is 4.53. The average Bonchev–Trinajstić information content (AvgIpc) is 2.80. The highest BCUT2D eigenvalue weighted by molar-refractivity contribution is 7.80. The number of unbranched alkanes of at least 4 members (excludes halogenated alkanes) is 1. The molecule has 1 fully saturated rings. The average molecular weight is 311 g/mol. The number of rotatable bonds is 4. The number of aromatic nitrogens is 1. The lowest BCUT2D eigenvalue weighted by Gasteiger charge is -2.12. The molecule has 2 aromatic rings. The summed E-state index contributed by atoms with van der Waals surface area (Å²) < 4.78 is 0. The van der Waals surface area contributed by atoms with E-state index in [-0.39, 0.29) is 5.91 Å². The summed E-state index contributed by atoms with van der Waals surface area (Å²) in [5.41, 5.74) is 2.40. The fraction of sp³-hybridized carbons (Fsp3) is 0.235. The molecule has 112 valence electrons. The predicted molar refractivity (Wildman–Crippen MR) is 92.1 cm³/mol. The van der Waals surface area contributed by atoms with E-state index >= 15 is 0 Å². The van der Waals surface area contributed by atoms with Crippen LogP contribution in [-0.2, 0) is 4.79 Å². The number of fused-ring (bicyclic) bond motifs is 1. The molecule has 0 saturated carbocycles. The van der Waals surface area contributed by atoms with Gasteiger partial charge in [-0.05, 0) is 42.4 Å². The molecule has 5 heteroatoms. The number of nitrogens with one attached hydrogen (secondary N) is 1. The predicted octanol–water partition coefficient (Wildman–Crippen LogP) is 3.09. The summed E-state index contributed by atoms with van der Waals surface area (Å²) in [5.74, 6) is -0.0562. The van der Waals surface area contributed by atoms with E-state index in [0.717, 1.165) is 29.3 Å². The highest BCUT2D eigenvalue weighted by Crippen LogP contribution is 2.21. The van der Waals surface area contributed by atoms with E-state index in [1.807, 2.05) is 36.4 Å². The molecule has 0 atom stereocenters. The van der Waals surface area contributed by atoms with Gasteiger partial charge in [-0.3, -0.25) is 14.7 Å². The van der Waals surface area contributed by atoms with E-state index in [0.29, 0.717) is 17.4 Å². The van der Waals surface area contributed by atoms with E-state index in [1.54, 1.807) is 11.1 Å². The van der Waals surface area contributed by atoms with Crippen LogP contribution in [0.5, 0.6) is 0 Å². The maximum atomic E-state index is 12.5. The first-order valence-electron chi connectivity index (χ1n) is 7.39. The van der Waals surface area contributed by atoms with Crippen molar-refractivity contribution in [2.45, 2.75) is 19.8 Å². The molecule has 0 aliphatic carbocycles. The SMILES string of the molecule is CCCCN1C(=O)/C(=C\c2ccnc3ccccc23)NC1=S. The van der Waals surface area contributed by atoms with Crippen molar-refractivity contribution < 1.29 is 4.79 Å². The van der Waals surface area contributed by atoms with Gasteiger partial charge < -0.3 is 5.32 Å². The number of carbonyl (C=O) groups excluding carboxylic acids is 1. The van der Waals surface area contributed by atoms with E-state index in [2.05, 4.69) is 17.2 Å². The molecule has 1 aromatic heterocycles. The third-order valence-electron chi connectivity index (χ3n) is 3.68. The summed E-state index contributed by atoms with van der Waals surface area (Å²) in [7, 11) is 0. The number of hydrogen-bond acceptors (Lipinski definition) is 3. The highest BCUT2D eigenvalue weighted by Gasteiger charge is 2.29. The first-order valence-corrected chi connectivity index (χ1v) is 7.80. The molecule has 1 aromatic carbocycles. The van der Waals surface area contributed by atoms with Gasteiger partial charge in [-0.25, -0.2) is 0 Å². The van der Waals surface area contributed by atoms with Gasteiger partial charge >= 0.3 is 0 Å². The third kappa shape index (κ3) is 2.72. The number of benzene rings is 1. The van der Waals surface area contributed by atoms with Gasteiger partial charge in [0, 0.05) is 18.1 Å². The van der Waals surface area contributed by atoms with E-state index < -0.39 is 0 Å². The van der Waals surface area contributed by atoms with Crippen molar-refractivity contribution in [1.82, 2.24) is 15.2 Å². The topological polar surface area (TPSA) is 45.2 Å². The van der Waals surface area contributed by atoms with Gasteiger partial charge in [0.25, 0.3) is 5.91 Å². The molecule has 1 amide bonds. The summed E-state index contributed by atoms with van der Waals surface area (Å²) in [4.78, 5) is 18.4. The van der Waals surface area contributed by atoms with Crippen LogP contribution in [0.15, 0.2) is 42.2 Å². The monoisotopic (exact) mass is 311 g/mol. The third-order valence-corrected chi connectivity index (χ3v) is 4.00. The number of carbonyl (C=O) groups is 1.